The van der Waals surface area contributed by atoms with Crippen LogP contribution < -0.4 is 5.32 Å². The number of nitrogens with zero attached hydrogens (tertiary/aromatic N) is 1. The summed E-state index contributed by atoms with van der Waals surface area (Å²) in [6.45, 7) is 3.44. The zero-order valence-corrected chi connectivity index (χ0v) is 10.5. The molecule has 1 aromatic heterocycles. The molecule has 19 heavy (non-hydrogen) atoms. The molecule has 0 fully saturated rings. The van der Waals surface area contributed by atoms with Crippen molar-refractivity contribution < 1.29 is 14.7 Å². The van der Waals surface area contributed by atoms with Crippen LogP contribution in [0.2, 0.25) is 0 Å². The molecule has 0 radical (unpaired) electrons. The van der Waals surface area contributed by atoms with Gasteiger partial charge < -0.3 is 10.4 Å². The van der Waals surface area contributed by atoms with Crippen molar-refractivity contribution in [3.05, 3.63) is 46.8 Å². The van der Waals surface area contributed by atoms with Crippen LogP contribution in [0.15, 0.2) is 24.4 Å². The van der Waals surface area contributed by atoms with Gasteiger partial charge in [0.25, 0.3) is 5.91 Å². The standard InChI is InChI=1S/C13H13N3O3/c1-7-3-4-9(5-10(7)13(18)19)15-12(17)11-6-14-16-8(11)2/h3-6H,1-2H3,(H,14,16)(H,15,17)(H,18,19). The summed E-state index contributed by atoms with van der Waals surface area (Å²) in [7, 11) is 0. The molecule has 1 heterocycles. The van der Waals surface area contributed by atoms with E-state index in [0.717, 1.165) is 0 Å². The molecule has 0 aliphatic carbocycles. The van der Waals surface area contributed by atoms with Crippen molar-refractivity contribution in [2.24, 2.45) is 0 Å². The second kappa shape index (κ2) is 4.93. The van der Waals surface area contributed by atoms with Crippen LogP contribution in [0, 0.1) is 13.8 Å². The van der Waals surface area contributed by atoms with Crippen LogP contribution in [0.3, 0.4) is 0 Å². The quantitative estimate of drug-likeness (QED) is 0.785. The van der Waals surface area contributed by atoms with Gasteiger partial charge in [0.15, 0.2) is 0 Å². The number of hydrogen-bond acceptors (Lipinski definition) is 3. The molecule has 1 amide bonds. The molecule has 0 aliphatic rings. The number of anilines is 1. The highest BCUT2D eigenvalue weighted by molar-refractivity contribution is 6.05. The molecule has 2 aromatic rings. The minimum absolute atomic E-state index is 0.168. The van der Waals surface area contributed by atoms with Crippen molar-refractivity contribution in [3.8, 4) is 0 Å². The maximum Gasteiger partial charge on any atom is 0.336 e. The number of aromatic amines is 1. The Kier molecular flexibility index (Phi) is 3.33. The fourth-order valence-electron chi connectivity index (χ4n) is 1.71. The largest absolute Gasteiger partial charge is 0.478 e. The van der Waals surface area contributed by atoms with E-state index in [1.807, 2.05) is 0 Å². The van der Waals surface area contributed by atoms with Crippen molar-refractivity contribution in [2.75, 3.05) is 5.32 Å². The summed E-state index contributed by atoms with van der Waals surface area (Å²) < 4.78 is 0. The monoisotopic (exact) mass is 259 g/mol. The van der Waals surface area contributed by atoms with Crippen LogP contribution in [-0.4, -0.2) is 27.2 Å². The predicted octanol–water partition coefficient (Wildman–Crippen LogP) is 1.98. The summed E-state index contributed by atoms with van der Waals surface area (Å²) >= 11 is 0. The maximum atomic E-state index is 11.9. The summed E-state index contributed by atoms with van der Waals surface area (Å²) in [6, 6.07) is 4.75. The molecular weight excluding hydrogens is 246 g/mol. The third-order valence-electron chi connectivity index (χ3n) is 2.80. The summed E-state index contributed by atoms with van der Waals surface area (Å²) in [5.74, 6) is -1.35. The van der Waals surface area contributed by atoms with Gasteiger partial charge in [-0.15, -0.1) is 0 Å². The highest BCUT2D eigenvalue weighted by atomic mass is 16.4. The van der Waals surface area contributed by atoms with Crippen molar-refractivity contribution in [3.63, 3.8) is 0 Å². The van der Waals surface area contributed by atoms with Crippen LogP contribution in [0.1, 0.15) is 32.0 Å². The van der Waals surface area contributed by atoms with Crippen molar-refractivity contribution >= 4 is 17.6 Å². The third kappa shape index (κ3) is 2.62. The van der Waals surface area contributed by atoms with Crippen molar-refractivity contribution in [1.82, 2.24) is 10.2 Å². The van der Waals surface area contributed by atoms with Crippen LogP contribution in [0.25, 0.3) is 0 Å². The Bertz CT molecular complexity index is 646. The van der Waals surface area contributed by atoms with Gasteiger partial charge in [-0.1, -0.05) is 6.07 Å². The number of carboxylic acid groups (broad SMARTS) is 1. The Morgan fingerprint density at radius 2 is 2.00 bits per heavy atom. The molecule has 0 spiro atoms. The lowest BCUT2D eigenvalue weighted by atomic mass is 10.1. The number of H-pyrrole nitrogens is 1. The number of aromatic carboxylic acids is 1. The first-order valence-electron chi connectivity index (χ1n) is 5.64. The van der Waals surface area contributed by atoms with Crippen LogP contribution in [-0.2, 0) is 0 Å². The second-order valence-corrected chi connectivity index (χ2v) is 4.20. The van der Waals surface area contributed by atoms with E-state index in [-0.39, 0.29) is 11.5 Å². The molecular formula is C13H13N3O3. The molecule has 6 heteroatoms. The number of aromatic nitrogens is 2. The number of carbonyl (C=O) groups excluding carboxylic acids is 1. The number of benzene rings is 1. The first-order chi connectivity index (χ1) is 8.99. The number of hydrogen-bond donors (Lipinski definition) is 3. The van der Waals surface area contributed by atoms with E-state index in [1.165, 1.54) is 12.3 Å². The number of carbonyl (C=O) groups is 2. The van der Waals surface area contributed by atoms with Crippen LogP contribution >= 0.6 is 0 Å². The SMILES string of the molecule is Cc1ccc(NC(=O)c2cn[nH]c2C)cc1C(=O)O. The lowest BCUT2D eigenvalue weighted by molar-refractivity contribution is 0.0695. The first-order valence-corrected chi connectivity index (χ1v) is 5.64. The Labute approximate surface area is 109 Å². The van der Waals surface area contributed by atoms with Gasteiger partial charge in [0.1, 0.15) is 0 Å². The maximum absolute atomic E-state index is 11.9. The second-order valence-electron chi connectivity index (χ2n) is 4.20. The molecule has 0 aliphatic heterocycles. The minimum Gasteiger partial charge on any atom is -0.478 e. The number of amides is 1. The summed E-state index contributed by atoms with van der Waals surface area (Å²) in [6.07, 6.45) is 1.43. The Hall–Kier alpha value is -2.63. The average Bonchev–Trinajstić information content (AvgIpc) is 2.77. The number of aryl methyl sites for hydroxylation is 2. The molecule has 0 bridgehead atoms. The van der Waals surface area contributed by atoms with Gasteiger partial charge in [-0.3, -0.25) is 9.89 Å². The lowest BCUT2D eigenvalue weighted by Crippen LogP contribution is -2.13. The van der Waals surface area contributed by atoms with Gasteiger partial charge in [0.05, 0.1) is 17.3 Å². The lowest BCUT2D eigenvalue weighted by Gasteiger charge is -2.07. The number of carboxylic acids is 1. The molecule has 6 nitrogen and oxygen atoms in total. The summed E-state index contributed by atoms with van der Waals surface area (Å²) in [4.78, 5) is 23.0. The normalized spacial score (nSPS) is 10.2. The molecule has 2 rings (SSSR count). The average molecular weight is 259 g/mol. The van der Waals surface area contributed by atoms with Gasteiger partial charge in [-0.25, -0.2) is 4.79 Å². The third-order valence-corrected chi connectivity index (χ3v) is 2.80. The molecule has 0 saturated carbocycles. The summed E-state index contributed by atoms with van der Waals surface area (Å²) in [5.41, 5.74) is 2.33. The topological polar surface area (TPSA) is 95.1 Å². The molecule has 0 saturated heterocycles. The van der Waals surface area contributed by atoms with E-state index in [4.69, 9.17) is 5.11 Å². The molecule has 1 aromatic carbocycles. The van der Waals surface area contributed by atoms with E-state index in [1.54, 1.807) is 26.0 Å². The van der Waals surface area contributed by atoms with Gasteiger partial charge in [0.2, 0.25) is 0 Å². The zero-order chi connectivity index (χ0) is 14.0. The summed E-state index contributed by atoms with van der Waals surface area (Å²) in [5, 5.41) is 18.1. The predicted molar refractivity (Wildman–Crippen MR) is 69.4 cm³/mol. The van der Waals surface area contributed by atoms with Crippen LogP contribution in [0.5, 0.6) is 0 Å². The Morgan fingerprint density at radius 1 is 1.26 bits per heavy atom. The fourth-order valence-corrected chi connectivity index (χ4v) is 1.71. The van der Waals surface area contributed by atoms with Gasteiger partial charge in [0, 0.05) is 11.4 Å². The van der Waals surface area contributed by atoms with Crippen molar-refractivity contribution in [2.45, 2.75) is 13.8 Å². The molecule has 0 unspecified atom stereocenters. The smallest absolute Gasteiger partial charge is 0.336 e. The zero-order valence-electron chi connectivity index (χ0n) is 10.5. The Balaban J connectivity index is 2.25. The number of rotatable bonds is 3. The number of nitrogens with one attached hydrogen (secondary N) is 2. The van der Waals surface area contributed by atoms with E-state index >= 15 is 0 Å². The van der Waals surface area contributed by atoms with E-state index in [9.17, 15) is 9.59 Å². The van der Waals surface area contributed by atoms with Crippen LogP contribution in [0.4, 0.5) is 5.69 Å². The first kappa shape index (κ1) is 12.8. The van der Waals surface area contributed by atoms with Gasteiger partial charge in [-0.05, 0) is 31.5 Å². The highest BCUT2D eigenvalue weighted by Gasteiger charge is 2.13. The minimum atomic E-state index is -1.02. The molecule has 0 atom stereocenters. The Morgan fingerprint density at radius 3 is 2.58 bits per heavy atom. The van der Waals surface area contributed by atoms with E-state index < -0.39 is 5.97 Å². The fraction of sp³-hybridized carbons (Fsp3) is 0.154. The van der Waals surface area contributed by atoms with E-state index in [0.29, 0.717) is 22.5 Å². The van der Waals surface area contributed by atoms with E-state index in [2.05, 4.69) is 15.5 Å². The van der Waals surface area contributed by atoms with Gasteiger partial charge >= 0.3 is 5.97 Å². The van der Waals surface area contributed by atoms with Gasteiger partial charge in [-0.2, -0.15) is 5.10 Å². The molecule has 3 N–H and O–H groups in total. The van der Waals surface area contributed by atoms with Crippen molar-refractivity contribution in [1.29, 1.82) is 0 Å². The highest BCUT2D eigenvalue weighted by Crippen LogP contribution is 2.16. The molecule has 98 valence electrons.